The quantitative estimate of drug-likeness (QED) is 0.309. The molecule has 1 atom stereocenters. The summed E-state index contributed by atoms with van der Waals surface area (Å²) in [5, 5.41) is -0.685. The predicted molar refractivity (Wildman–Crippen MR) is 79.8 cm³/mol. The van der Waals surface area contributed by atoms with Gasteiger partial charge in [-0.2, -0.15) is 0 Å². The number of hydrogen-bond donors (Lipinski definition) is 1. The molecule has 0 heterocycles. The standard InChI is InChI=1S/C12H21ClO3.BrH.H3N/c1-3-5-7-9-11(14)16-12(15)10(13)8-6-4-2;;/h10H,3-9H2,1-2H3;1H;1H3. The molecule has 110 valence electrons. The van der Waals surface area contributed by atoms with Gasteiger partial charge in [0.15, 0.2) is 0 Å². The molecule has 4 nitrogen and oxygen atoms in total. The third-order valence-electron chi connectivity index (χ3n) is 2.27. The van der Waals surface area contributed by atoms with E-state index in [4.69, 9.17) is 11.6 Å². The maximum absolute atomic E-state index is 11.3. The largest absolute Gasteiger partial charge is 0.392 e. The van der Waals surface area contributed by atoms with Crippen LogP contribution in [0.4, 0.5) is 0 Å². The monoisotopic (exact) mass is 345 g/mol. The van der Waals surface area contributed by atoms with Gasteiger partial charge in [0.25, 0.3) is 0 Å². The van der Waals surface area contributed by atoms with Crippen LogP contribution in [0.2, 0.25) is 0 Å². The van der Waals surface area contributed by atoms with Crippen molar-refractivity contribution in [3.63, 3.8) is 0 Å². The van der Waals surface area contributed by atoms with Gasteiger partial charge in [0, 0.05) is 6.42 Å². The van der Waals surface area contributed by atoms with Crippen LogP contribution >= 0.6 is 28.6 Å². The highest BCUT2D eigenvalue weighted by molar-refractivity contribution is 8.93. The maximum atomic E-state index is 11.3. The summed E-state index contributed by atoms with van der Waals surface area (Å²) in [5.74, 6) is -1.06. The summed E-state index contributed by atoms with van der Waals surface area (Å²) in [6.07, 6.45) is 5.49. The van der Waals surface area contributed by atoms with Crippen LogP contribution < -0.4 is 6.15 Å². The Morgan fingerprint density at radius 2 is 1.67 bits per heavy atom. The molecule has 0 aliphatic heterocycles. The SMILES string of the molecule is Br.CCCCCC(=O)OC(=O)C(Cl)CCCC.N. The predicted octanol–water partition coefficient (Wildman–Crippen LogP) is 4.17. The molecule has 0 radical (unpaired) electrons. The highest BCUT2D eigenvalue weighted by Crippen LogP contribution is 2.10. The summed E-state index contributed by atoms with van der Waals surface area (Å²) in [5.41, 5.74) is 0. The summed E-state index contributed by atoms with van der Waals surface area (Å²) in [4.78, 5) is 22.5. The summed E-state index contributed by atoms with van der Waals surface area (Å²) >= 11 is 5.79. The molecule has 0 aromatic carbocycles. The zero-order valence-electron chi connectivity index (χ0n) is 11.2. The van der Waals surface area contributed by atoms with Crippen molar-refractivity contribution in [3.05, 3.63) is 0 Å². The van der Waals surface area contributed by atoms with E-state index in [0.29, 0.717) is 12.8 Å². The van der Waals surface area contributed by atoms with Gasteiger partial charge >= 0.3 is 11.9 Å². The summed E-state index contributed by atoms with van der Waals surface area (Å²) in [7, 11) is 0. The van der Waals surface area contributed by atoms with Crippen LogP contribution in [0.25, 0.3) is 0 Å². The average molecular weight is 347 g/mol. The first-order valence-electron chi connectivity index (χ1n) is 6.00. The van der Waals surface area contributed by atoms with Crippen LogP contribution in [0.3, 0.4) is 0 Å². The zero-order valence-corrected chi connectivity index (χ0v) is 13.7. The lowest BCUT2D eigenvalue weighted by molar-refractivity contribution is -0.159. The van der Waals surface area contributed by atoms with Crippen molar-refractivity contribution >= 4 is 40.5 Å². The van der Waals surface area contributed by atoms with Crippen LogP contribution in [0.1, 0.15) is 58.8 Å². The number of halogens is 2. The molecule has 18 heavy (non-hydrogen) atoms. The Hall–Kier alpha value is -0.130. The van der Waals surface area contributed by atoms with Crippen LogP contribution in [0.15, 0.2) is 0 Å². The van der Waals surface area contributed by atoms with E-state index in [-0.39, 0.29) is 23.1 Å². The molecule has 0 aliphatic rings. The molecule has 1 unspecified atom stereocenters. The molecule has 3 N–H and O–H groups in total. The van der Waals surface area contributed by atoms with E-state index < -0.39 is 17.3 Å². The Morgan fingerprint density at radius 3 is 2.17 bits per heavy atom. The number of hydrogen-bond acceptors (Lipinski definition) is 4. The zero-order chi connectivity index (χ0) is 12.4. The molecule has 0 bridgehead atoms. The summed E-state index contributed by atoms with van der Waals surface area (Å²) < 4.78 is 4.65. The van der Waals surface area contributed by atoms with E-state index in [1.165, 1.54) is 0 Å². The van der Waals surface area contributed by atoms with E-state index in [9.17, 15) is 9.59 Å². The number of esters is 2. The topological polar surface area (TPSA) is 78.4 Å². The third-order valence-corrected chi connectivity index (χ3v) is 2.66. The minimum atomic E-state index is -0.685. The lowest BCUT2D eigenvalue weighted by atomic mass is 10.2. The molecular formula is C12H25BrClNO3. The normalized spacial score (nSPS) is 10.8. The molecule has 0 saturated carbocycles. The Bertz CT molecular complexity index is 227. The Labute approximate surface area is 125 Å². The second-order valence-corrected chi connectivity index (χ2v) is 4.39. The van der Waals surface area contributed by atoms with Crippen molar-refractivity contribution in [2.45, 2.75) is 64.2 Å². The van der Waals surface area contributed by atoms with Crippen LogP contribution in [0.5, 0.6) is 0 Å². The van der Waals surface area contributed by atoms with E-state index in [0.717, 1.165) is 32.1 Å². The lowest BCUT2D eigenvalue weighted by Gasteiger charge is -2.07. The minimum Gasteiger partial charge on any atom is -0.392 e. The van der Waals surface area contributed by atoms with Crippen molar-refractivity contribution in [2.75, 3.05) is 0 Å². The Balaban J connectivity index is -0.00000112. The number of alkyl halides is 1. The van der Waals surface area contributed by atoms with Gasteiger partial charge in [-0.15, -0.1) is 28.6 Å². The van der Waals surface area contributed by atoms with Crippen LogP contribution in [0, 0.1) is 0 Å². The number of carbonyl (C=O) groups excluding carboxylic acids is 2. The number of rotatable bonds is 8. The van der Waals surface area contributed by atoms with Crippen molar-refractivity contribution in [3.8, 4) is 0 Å². The van der Waals surface area contributed by atoms with Gasteiger partial charge in [0.05, 0.1) is 0 Å². The summed E-state index contributed by atoms with van der Waals surface area (Å²) in [6, 6.07) is 0. The number of ether oxygens (including phenoxy) is 1. The first kappa shape index (κ1) is 23.0. The van der Waals surface area contributed by atoms with Gasteiger partial charge in [-0.25, -0.2) is 4.79 Å². The molecule has 0 amide bonds. The molecule has 0 fully saturated rings. The minimum absolute atomic E-state index is 0. The maximum Gasteiger partial charge on any atom is 0.331 e. The first-order chi connectivity index (χ1) is 7.61. The molecule has 0 aliphatic carbocycles. The fraction of sp³-hybridized carbons (Fsp3) is 0.833. The van der Waals surface area contributed by atoms with E-state index in [2.05, 4.69) is 11.7 Å². The Kier molecular flexibility index (Phi) is 19.1. The van der Waals surface area contributed by atoms with E-state index in [1.54, 1.807) is 0 Å². The smallest absolute Gasteiger partial charge is 0.331 e. The Morgan fingerprint density at radius 1 is 1.11 bits per heavy atom. The number of carbonyl (C=O) groups is 2. The molecule has 0 aromatic rings. The molecule has 0 aromatic heterocycles. The van der Waals surface area contributed by atoms with Gasteiger partial charge in [-0.3, -0.25) is 4.79 Å². The molecule has 0 saturated heterocycles. The van der Waals surface area contributed by atoms with Gasteiger partial charge in [0.2, 0.25) is 0 Å². The highest BCUT2D eigenvalue weighted by Gasteiger charge is 2.19. The molecule has 0 spiro atoms. The van der Waals surface area contributed by atoms with Gasteiger partial charge < -0.3 is 10.9 Å². The third kappa shape index (κ3) is 12.3. The van der Waals surface area contributed by atoms with Gasteiger partial charge in [-0.1, -0.05) is 39.5 Å². The van der Waals surface area contributed by atoms with Gasteiger partial charge in [-0.05, 0) is 12.8 Å². The van der Waals surface area contributed by atoms with E-state index >= 15 is 0 Å². The fourth-order valence-corrected chi connectivity index (χ4v) is 1.45. The van der Waals surface area contributed by atoms with E-state index in [1.807, 2.05) is 6.92 Å². The van der Waals surface area contributed by atoms with Crippen molar-refractivity contribution in [2.24, 2.45) is 0 Å². The van der Waals surface area contributed by atoms with Crippen LogP contribution in [-0.4, -0.2) is 17.3 Å². The lowest BCUT2D eigenvalue weighted by Crippen LogP contribution is -2.21. The first-order valence-corrected chi connectivity index (χ1v) is 6.44. The summed E-state index contributed by atoms with van der Waals surface area (Å²) in [6.45, 7) is 4.07. The molecular weight excluding hydrogens is 321 g/mol. The molecule has 6 heteroatoms. The molecule has 0 rings (SSSR count). The second-order valence-electron chi connectivity index (χ2n) is 3.86. The van der Waals surface area contributed by atoms with Crippen molar-refractivity contribution in [1.82, 2.24) is 6.15 Å². The van der Waals surface area contributed by atoms with Gasteiger partial charge in [0.1, 0.15) is 5.38 Å². The van der Waals surface area contributed by atoms with Crippen molar-refractivity contribution in [1.29, 1.82) is 0 Å². The highest BCUT2D eigenvalue weighted by atomic mass is 79.9. The average Bonchev–Trinajstić information content (AvgIpc) is 2.26. The number of unbranched alkanes of at least 4 members (excludes halogenated alkanes) is 3. The van der Waals surface area contributed by atoms with Crippen LogP contribution in [-0.2, 0) is 14.3 Å². The second kappa shape index (κ2) is 14.9. The van der Waals surface area contributed by atoms with Crippen molar-refractivity contribution < 1.29 is 14.3 Å². The fourth-order valence-electron chi connectivity index (χ4n) is 1.25.